The van der Waals surface area contributed by atoms with Gasteiger partial charge < -0.3 is 9.64 Å². The lowest BCUT2D eigenvalue weighted by atomic mass is 9.94. The molecule has 2 fully saturated rings. The number of carbonyl (C=O) groups is 1. The van der Waals surface area contributed by atoms with Crippen LogP contribution in [0.15, 0.2) is 42.5 Å². The van der Waals surface area contributed by atoms with E-state index in [2.05, 4.69) is 4.90 Å². The van der Waals surface area contributed by atoms with Crippen LogP contribution in [-0.2, 0) is 16.8 Å². The molecule has 0 unspecified atom stereocenters. The zero-order valence-electron chi connectivity index (χ0n) is 16.0. The van der Waals surface area contributed by atoms with Crippen molar-refractivity contribution in [3.05, 3.63) is 64.4 Å². The Morgan fingerprint density at radius 1 is 1.11 bits per heavy atom. The van der Waals surface area contributed by atoms with Gasteiger partial charge in [0, 0.05) is 43.3 Å². The minimum Gasteiger partial charge on any atom is -0.496 e. The summed E-state index contributed by atoms with van der Waals surface area (Å²) in [6.07, 6.45) is 1.79. The molecule has 28 heavy (non-hydrogen) atoms. The van der Waals surface area contributed by atoms with Crippen molar-refractivity contribution in [2.45, 2.75) is 24.8 Å². The molecule has 1 amide bonds. The number of carbonyl (C=O) groups excluding carboxylic acids is 1. The highest BCUT2D eigenvalue weighted by molar-refractivity contribution is 6.30. The maximum Gasteiger partial charge on any atom is 0.233 e. The van der Waals surface area contributed by atoms with E-state index in [-0.39, 0.29) is 17.1 Å². The number of halogens is 2. The molecule has 148 valence electrons. The van der Waals surface area contributed by atoms with Gasteiger partial charge in [0.15, 0.2) is 0 Å². The van der Waals surface area contributed by atoms with Gasteiger partial charge in [0.05, 0.1) is 12.5 Å². The molecular weight excluding hydrogens is 379 g/mol. The molecule has 0 spiro atoms. The second-order valence-electron chi connectivity index (χ2n) is 7.61. The summed E-state index contributed by atoms with van der Waals surface area (Å²) in [5, 5.41) is 0.688. The van der Waals surface area contributed by atoms with Gasteiger partial charge in [0.25, 0.3) is 0 Å². The molecule has 2 aromatic carbocycles. The molecule has 0 radical (unpaired) electrons. The molecule has 0 aromatic heterocycles. The van der Waals surface area contributed by atoms with Crippen LogP contribution in [0.25, 0.3) is 0 Å². The lowest BCUT2D eigenvalue weighted by molar-refractivity contribution is -0.135. The molecule has 1 aliphatic carbocycles. The molecule has 1 aliphatic heterocycles. The minimum atomic E-state index is -0.363. The van der Waals surface area contributed by atoms with Crippen molar-refractivity contribution in [3.63, 3.8) is 0 Å². The van der Waals surface area contributed by atoms with Crippen molar-refractivity contribution >= 4 is 17.5 Å². The zero-order valence-corrected chi connectivity index (χ0v) is 16.7. The van der Waals surface area contributed by atoms with E-state index in [0.29, 0.717) is 30.4 Å². The third-order valence-corrected chi connectivity index (χ3v) is 6.10. The summed E-state index contributed by atoms with van der Waals surface area (Å²) < 4.78 is 18.9. The normalized spacial score (nSPS) is 18.8. The molecule has 1 saturated heterocycles. The first kappa shape index (κ1) is 19.2. The fraction of sp³-hybridized carbons (Fsp3) is 0.409. The zero-order chi connectivity index (χ0) is 19.7. The Morgan fingerprint density at radius 2 is 1.79 bits per heavy atom. The van der Waals surface area contributed by atoms with E-state index in [0.717, 1.165) is 37.1 Å². The Bertz CT molecular complexity index is 859. The third-order valence-electron chi connectivity index (χ3n) is 5.85. The van der Waals surface area contributed by atoms with Gasteiger partial charge in [-0.3, -0.25) is 9.69 Å². The molecule has 1 heterocycles. The van der Waals surface area contributed by atoms with Gasteiger partial charge in [0.1, 0.15) is 11.6 Å². The lowest BCUT2D eigenvalue weighted by Gasteiger charge is -2.37. The van der Waals surface area contributed by atoms with Gasteiger partial charge in [-0.05, 0) is 48.7 Å². The summed E-state index contributed by atoms with van der Waals surface area (Å²) in [5.41, 5.74) is 1.54. The molecular formula is C22H24ClFN2O2. The van der Waals surface area contributed by atoms with Gasteiger partial charge in [-0.2, -0.15) is 0 Å². The van der Waals surface area contributed by atoms with Crippen molar-refractivity contribution in [2.75, 3.05) is 33.3 Å². The van der Waals surface area contributed by atoms with Gasteiger partial charge in [-0.15, -0.1) is 0 Å². The quantitative estimate of drug-likeness (QED) is 0.761. The average molecular weight is 403 g/mol. The van der Waals surface area contributed by atoms with E-state index in [1.165, 1.54) is 12.1 Å². The Morgan fingerprint density at radius 3 is 2.39 bits per heavy atom. The van der Waals surface area contributed by atoms with E-state index in [4.69, 9.17) is 16.3 Å². The second-order valence-corrected chi connectivity index (χ2v) is 8.05. The van der Waals surface area contributed by atoms with Crippen LogP contribution in [0.3, 0.4) is 0 Å². The monoisotopic (exact) mass is 402 g/mol. The number of amides is 1. The minimum absolute atomic E-state index is 0.220. The largest absolute Gasteiger partial charge is 0.496 e. The van der Waals surface area contributed by atoms with Gasteiger partial charge in [-0.1, -0.05) is 23.7 Å². The Balaban J connectivity index is 1.39. The molecule has 1 saturated carbocycles. The highest BCUT2D eigenvalue weighted by Gasteiger charge is 2.53. The molecule has 0 bridgehead atoms. The predicted molar refractivity (Wildman–Crippen MR) is 107 cm³/mol. The predicted octanol–water partition coefficient (Wildman–Crippen LogP) is 3.86. The molecule has 4 rings (SSSR count). The van der Waals surface area contributed by atoms with Crippen LogP contribution in [0.5, 0.6) is 5.75 Å². The van der Waals surface area contributed by atoms with Crippen LogP contribution in [0.2, 0.25) is 5.02 Å². The standard InChI is InChI=1S/C22H24ClFN2O2/c1-28-20-7-6-19(24)14-16(20)15-25-10-12-26(13-11-25)21(27)22(8-9-22)17-2-4-18(23)5-3-17/h2-7,14H,8-13,15H2,1H3. The van der Waals surface area contributed by atoms with Crippen molar-refractivity contribution < 1.29 is 13.9 Å². The second kappa shape index (κ2) is 7.72. The fourth-order valence-corrected chi connectivity index (χ4v) is 4.17. The Hall–Kier alpha value is -2.11. The van der Waals surface area contributed by atoms with Crippen LogP contribution in [0.1, 0.15) is 24.0 Å². The first-order valence-electron chi connectivity index (χ1n) is 9.62. The summed E-state index contributed by atoms with van der Waals surface area (Å²) in [7, 11) is 1.60. The highest BCUT2D eigenvalue weighted by atomic mass is 35.5. The van der Waals surface area contributed by atoms with Gasteiger partial charge in [-0.25, -0.2) is 4.39 Å². The number of benzene rings is 2. The molecule has 0 N–H and O–H groups in total. The van der Waals surface area contributed by atoms with E-state index in [1.807, 2.05) is 29.2 Å². The SMILES string of the molecule is COc1ccc(F)cc1CN1CCN(C(=O)C2(c3ccc(Cl)cc3)CC2)CC1. The van der Waals surface area contributed by atoms with Crippen LogP contribution in [0.4, 0.5) is 4.39 Å². The smallest absolute Gasteiger partial charge is 0.233 e. The first-order chi connectivity index (χ1) is 13.5. The van der Waals surface area contributed by atoms with Crippen LogP contribution in [-0.4, -0.2) is 49.0 Å². The first-order valence-corrected chi connectivity index (χ1v) is 10.00. The van der Waals surface area contributed by atoms with Crippen molar-refractivity contribution in [3.8, 4) is 5.75 Å². The summed E-state index contributed by atoms with van der Waals surface area (Å²) in [6.45, 7) is 3.52. The lowest BCUT2D eigenvalue weighted by Crippen LogP contribution is -2.51. The summed E-state index contributed by atoms with van der Waals surface area (Å²) in [6, 6.07) is 12.2. The van der Waals surface area contributed by atoms with Crippen LogP contribution < -0.4 is 4.74 Å². The molecule has 6 heteroatoms. The van der Waals surface area contributed by atoms with Crippen molar-refractivity contribution in [1.29, 1.82) is 0 Å². The van der Waals surface area contributed by atoms with Crippen LogP contribution >= 0.6 is 11.6 Å². The number of piperazine rings is 1. The third kappa shape index (κ3) is 3.74. The fourth-order valence-electron chi connectivity index (χ4n) is 4.04. The maximum atomic E-state index is 13.6. The van der Waals surface area contributed by atoms with E-state index < -0.39 is 0 Å². The molecule has 2 aliphatic rings. The Labute approximate surface area is 169 Å². The van der Waals surface area contributed by atoms with Gasteiger partial charge >= 0.3 is 0 Å². The van der Waals surface area contributed by atoms with Crippen LogP contribution in [0, 0.1) is 5.82 Å². The topological polar surface area (TPSA) is 32.8 Å². The van der Waals surface area contributed by atoms with E-state index in [1.54, 1.807) is 13.2 Å². The van der Waals surface area contributed by atoms with E-state index in [9.17, 15) is 9.18 Å². The van der Waals surface area contributed by atoms with Crippen molar-refractivity contribution in [1.82, 2.24) is 9.80 Å². The molecule has 4 nitrogen and oxygen atoms in total. The number of rotatable bonds is 5. The number of hydrogen-bond donors (Lipinski definition) is 0. The van der Waals surface area contributed by atoms with Crippen molar-refractivity contribution in [2.24, 2.45) is 0 Å². The number of ether oxygens (including phenoxy) is 1. The Kier molecular flexibility index (Phi) is 5.30. The molecule has 0 atom stereocenters. The maximum absolute atomic E-state index is 13.6. The number of nitrogens with zero attached hydrogens (tertiary/aromatic N) is 2. The summed E-state index contributed by atoms with van der Waals surface area (Å²) in [4.78, 5) is 17.4. The van der Waals surface area contributed by atoms with Gasteiger partial charge in [0.2, 0.25) is 5.91 Å². The molecule has 2 aromatic rings. The number of methoxy groups -OCH3 is 1. The highest BCUT2D eigenvalue weighted by Crippen LogP contribution is 2.49. The summed E-state index contributed by atoms with van der Waals surface area (Å²) >= 11 is 5.99. The average Bonchev–Trinajstić information content (AvgIpc) is 3.51. The summed E-state index contributed by atoms with van der Waals surface area (Å²) in [5.74, 6) is 0.653. The van der Waals surface area contributed by atoms with E-state index >= 15 is 0 Å². The number of hydrogen-bond acceptors (Lipinski definition) is 3.